The van der Waals surface area contributed by atoms with Gasteiger partial charge in [0.25, 0.3) is 11.3 Å². The van der Waals surface area contributed by atoms with Gasteiger partial charge >= 0.3 is 0 Å². The molecule has 0 aliphatic rings. The van der Waals surface area contributed by atoms with E-state index in [0.717, 1.165) is 0 Å². The van der Waals surface area contributed by atoms with Crippen LogP contribution in [0.25, 0.3) is 17.0 Å². The summed E-state index contributed by atoms with van der Waals surface area (Å²) in [6.45, 7) is 0. The molecule has 0 bridgehead atoms. The molecule has 1 aromatic carbocycles. The number of nitrogens with one attached hydrogen (secondary N) is 1. The summed E-state index contributed by atoms with van der Waals surface area (Å²) < 4.78 is 6.34. The second kappa shape index (κ2) is 4.09. The molecule has 3 rings (SSSR count). The number of benzene rings is 1. The van der Waals surface area contributed by atoms with Crippen LogP contribution in [-0.2, 0) is 0 Å². The summed E-state index contributed by atoms with van der Waals surface area (Å²) in [6, 6.07) is 6.97. The quantitative estimate of drug-likeness (QED) is 0.672. The minimum absolute atomic E-state index is 0.112. The summed E-state index contributed by atoms with van der Waals surface area (Å²) in [5.41, 5.74) is 6.13. The third kappa shape index (κ3) is 1.79. The van der Waals surface area contributed by atoms with E-state index in [0.29, 0.717) is 11.3 Å². The Hall–Kier alpha value is -2.90. The van der Waals surface area contributed by atoms with E-state index < -0.39 is 0 Å². The maximum atomic E-state index is 11.9. The Morgan fingerprint density at radius 2 is 2.00 bits per heavy atom. The molecule has 0 fully saturated rings. The van der Waals surface area contributed by atoms with Crippen LogP contribution in [0.2, 0.25) is 0 Å². The average Bonchev–Trinajstić information content (AvgIpc) is 2.79. The molecule has 0 saturated carbocycles. The van der Waals surface area contributed by atoms with Gasteiger partial charge in [-0.25, -0.2) is 0 Å². The maximum absolute atomic E-state index is 11.9. The summed E-state index contributed by atoms with van der Waals surface area (Å²) in [7, 11) is 1.57. The van der Waals surface area contributed by atoms with Crippen molar-refractivity contribution in [2.24, 2.45) is 0 Å². The molecule has 19 heavy (non-hydrogen) atoms. The van der Waals surface area contributed by atoms with Gasteiger partial charge in [-0.3, -0.25) is 9.78 Å². The van der Waals surface area contributed by atoms with Crippen molar-refractivity contribution in [2.75, 3.05) is 12.8 Å². The average molecular weight is 258 g/mol. The first-order valence-electron chi connectivity index (χ1n) is 5.44. The number of hydrogen-bond acceptors (Lipinski definition) is 6. The van der Waals surface area contributed by atoms with Gasteiger partial charge in [0.1, 0.15) is 5.75 Å². The van der Waals surface area contributed by atoms with Gasteiger partial charge in [-0.2, -0.15) is 9.61 Å². The maximum Gasteiger partial charge on any atom is 0.279 e. The fourth-order valence-corrected chi connectivity index (χ4v) is 1.71. The summed E-state index contributed by atoms with van der Waals surface area (Å²) in [5.74, 6) is 1.02. The van der Waals surface area contributed by atoms with Crippen molar-refractivity contribution >= 4 is 11.7 Å². The number of nitrogens with zero attached hydrogens (tertiary/aromatic N) is 4. The van der Waals surface area contributed by atoms with E-state index in [9.17, 15) is 4.79 Å². The van der Waals surface area contributed by atoms with Crippen molar-refractivity contribution in [1.29, 1.82) is 0 Å². The van der Waals surface area contributed by atoms with Crippen LogP contribution >= 0.6 is 0 Å². The van der Waals surface area contributed by atoms with Gasteiger partial charge in [-0.05, 0) is 24.3 Å². The Kier molecular flexibility index (Phi) is 2.41. The minimum Gasteiger partial charge on any atom is -0.497 e. The number of nitrogens with two attached hydrogens (primary N) is 1. The highest BCUT2D eigenvalue weighted by Crippen LogP contribution is 2.17. The molecule has 0 aliphatic carbocycles. The predicted octanol–water partition coefficient (Wildman–Crippen LogP) is 0.0704. The van der Waals surface area contributed by atoms with Crippen molar-refractivity contribution in [2.45, 2.75) is 0 Å². The van der Waals surface area contributed by atoms with E-state index >= 15 is 0 Å². The highest BCUT2D eigenvalue weighted by molar-refractivity contribution is 5.59. The normalized spacial score (nSPS) is 10.8. The van der Waals surface area contributed by atoms with Crippen molar-refractivity contribution < 1.29 is 4.74 Å². The fourth-order valence-electron chi connectivity index (χ4n) is 1.71. The van der Waals surface area contributed by atoms with Gasteiger partial charge in [0, 0.05) is 5.56 Å². The lowest BCUT2D eigenvalue weighted by Crippen LogP contribution is -2.15. The summed E-state index contributed by atoms with van der Waals surface area (Å²) >= 11 is 0. The van der Waals surface area contributed by atoms with Crippen LogP contribution in [0, 0.1) is 0 Å². The van der Waals surface area contributed by atoms with Crippen molar-refractivity contribution in [3.05, 3.63) is 34.6 Å². The zero-order valence-electron chi connectivity index (χ0n) is 9.99. The van der Waals surface area contributed by atoms with Crippen molar-refractivity contribution in [3.63, 3.8) is 0 Å². The Balaban J connectivity index is 2.20. The molecule has 0 spiro atoms. The predicted molar refractivity (Wildman–Crippen MR) is 67.8 cm³/mol. The number of ether oxygens (including phenoxy) is 1. The van der Waals surface area contributed by atoms with E-state index in [4.69, 9.17) is 10.5 Å². The van der Waals surface area contributed by atoms with Gasteiger partial charge in [-0.15, -0.1) is 10.2 Å². The van der Waals surface area contributed by atoms with E-state index in [1.54, 1.807) is 31.4 Å². The Labute approximate surface area is 106 Å². The fraction of sp³-hybridized carbons (Fsp3) is 0.0909. The van der Waals surface area contributed by atoms with Crippen molar-refractivity contribution in [1.82, 2.24) is 24.8 Å². The molecule has 0 saturated heterocycles. The van der Waals surface area contributed by atoms with Crippen LogP contribution in [0.5, 0.6) is 5.75 Å². The first kappa shape index (κ1) is 11.2. The molecule has 0 radical (unpaired) electrons. The minimum atomic E-state index is -0.356. The highest BCUT2D eigenvalue weighted by atomic mass is 16.5. The lowest BCUT2D eigenvalue weighted by molar-refractivity contribution is 0.415. The SMILES string of the molecule is COc1ccc(-c2nn3c(N)nnc3[nH]c2=O)cc1. The molecular weight excluding hydrogens is 248 g/mol. The standard InChI is InChI=1S/C11H10N6O2/c1-19-7-4-2-6(3-5-7)8-9(18)13-11-15-14-10(12)17(11)16-8/h2-5H,1H3,(H2,12,14)(H,13,15,18). The Morgan fingerprint density at radius 3 is 2.68 bits per heavy atom. The van der Waals surface area contributed by atoms with E-state index in [2.05, 4.69) is 20.3 Å². The van der Waals surface area contributed by atoms with Gasteiger partial charge in [0.2, 0.25) is 5.95 Å². The molecule has 96 valence electrons. The molecule has 0 aliphatic heterocycles. The Bertz CT molecular complexity index is 789. The number of rotatable bonds is 2. The summed E-state index contributed by atoms with van der Waals surface area (Å²) in [5, 5.41) is 11.5. The molecule has 3 N–H and O–H groups in total. The van der Waals surface area contributed by atoms with E-state index in [1.165, 1.54) is 4.52 Å². The van der Waals surface area contributed by atoms with Crippen LogP contribution in [0.3, 0.4) is 0 Å². The monoisotopic (exact) mass is 258 g/mol. The molecule has 0 amide bonds. The molecule has 8 nitrogen and oxygen atoms in total. The topological polar surface area (TPSA) is 111 Å². The van der Waals surface area contributed by atoms with E-state index in [1.807, 2.05) is 0 Å². The number of fused-ring (bicyclic) bond motifs is 1. The number of aromatic nitrogens is 5. The van der Waals surface area contributed by atoms with Crippen LogP contribution in [0.1, 0.15) is 0 Å². The largest absolute Gasteiger partial charge is 0.497 e. The van der Waals surface area contributed by atoms with Crippen LogP contribution in [0.4, 0.5) is 5.95 Å². The van der Waals surface area contributed by atoms with Crippen molar-refractivity contribution in [3.8, 4) is 17.0 Å². The smallest absolute Gasteiger partial charge is 0.279 e. The second-order valence-electron chi connectivity index (χ2n) is 3.82. The molecule has 0 unspecified atom stereocenters. The third-order valence-corrected chi connectivity index (χ3v) is 2.67. The first-order chi connectivity index (χ1) is 9.19. The number of anilines is 1. The molecule has 8 heteroatoms. The van der Waals surface area contributed by atoms with Crippen LogP contribution in [-0.4, -0.2) is 31.9 Å². The molecule has 3 aromatic rings. The third-order valence-electron chi connectivity index (χ3n) is 2.67. The van der Waals surface area contributed by atoms with Gasteiger partial charge in [-0.1, -0.05) is 0 Å². The van der Waals surface area contributed by atoms with E-state index in [-0.39, 0.29) is 23.0 Å². The van der Waals surface area contributed by atoms with Gasteiger partial charge < -0.3 is 10.5 Å². The van der Waals surface area contributed by atoms with Crippen LogP contribution in [0.15, 0.2) is 29.1 Å². The number of aromatic amines is 1. The molecule has 2 heterocycles. The molecule has 0 atom stereocenters. The molecular formula is C11H10N6O2. The Morgan fingerprint density at radius 1 is 1.26 bits per heavy atom. The van der Waals surface area contributed by atoms with Gasteiger partial charge in [0.15, 0.2) is 5.69 Å². The molecule has 2 aromatic heterocycles. The number of nitrogen functional groups attached to an aromatic ring is 1. The first-order valence-corrected chi connectivity index (χ1v) is 5.44. The van der Waals surface area contributed by atoms with Gasteiger partial charge in [0.05, 0.1) is 7.11 Å². The zero-order valence-corrected chi connectivity index (χ0v) is 9.99. The number of methoxy groups -OCH3 is 1. The number of hydrogen-bond donors (Lipinski definition) is 2. The summed E-state index contributed by atoms with van der Waals surface area (Å²) in [4.78, 5) is 14.5. The number of H-pyrrole nitrogens is 1. The second-order valence-corrected chi connectivity index (χ2v) is 3.82. The highest BCUT2D eigenvalue weighted by Gasteiger charge is 2.10. The lowest BCUT2D eigenvalue weighted by atomic mass is 10.1. The van der Waals surface area contributed by atoms with Crippen LogP contribution < -0.4 is 16.0 Å². The summed E-state index contributed by atoms with van der Waals surface area (Å²) in [6.07, 6.45) is 0. The lowest BCUT2D eigenvalue weighted by Gasteiger charge is -2.02. The zero-order chi connectivity index (χ0) is 13.4.